The van der Waals surface area contributed by atoms with Gasteiger partial charge in [0, 0.05) is 17.0 Å². The molecule has 0 aliphatic rings. The van der Waals surface area contributed by atoms with Gasteiger partial charge in [0.05, 0.1) is 11.6 Å². The van der Waals surface area contributed by atoms with E-state index in [0.717, 1.165) is 6.42 Å². The second-order valence-electron chi connectivity index (χ2n) is 3.02. The Hall–Kier alpha value is -0.680. The first-order valence-corrected chi connectivity index (χ1v) is 5.65. The lowest BCUT2D eigenvalue weighted by molar-refractivity contribution is 0.312. The van der Waals surface area contributed by atoms with Gasteiger partial charge in [-0.05, 0) is 18.6 Å². The third kappa shape index (κ3) is 5.09. The van der Waals surface area contributed by atoms with Gasteiger partial charge in [-0.25, -0.2) is 4.39 Å². The molecule has 0 spiro atoms. The van der Waals surface area contributed by atoms with E-state index >= 15 is 0 Å². The summed E-state index contributed by atoms with van der Waals surface area (Å²) in [7, 11) is 0. The van der Waals surface area contributed by atoms with Crippen LogP contribution in [0, 0.1) is 5.82 Å². The summed E-state index contributed by atoms with van der Waals surface area (Å²) in [6.07, 6.45) is 1.38. The topological polar surface area (TPSA) is 35.2 Å². The Balaban J connectivity index is 2.40. The van der Waals surface area contributed by atoms with Gasteiger partial charge >= 0.3 is 0 Å². The highest BCUT2D eigenvalue weighted by Gasteiger charge is 2.00. The van der Waals surface area contributed by atoms with E-state index in [9.17, 15) is 4.39 Å². The number of halogens is 2. The zero-order chi connectivity index (χ0) is 11.3. The van der Waals surface area contributed by atoms with Crippen LogP contribution in [0.3, 0.4) is 0 Å². The molecule has 0 unspecified atom stereocenters. The maximum atomic E-state index is 12.9. The van der Waals surface area contributed by atoms with E-state index in [1.54, 1.807) is 6.07 Å². The highest BCUT2D eigenvalue weighted by Crippen LogP contribution is 2.20. The summed E-state index contributed by atoms with van der Waals surface area (Å²) >= 11 is 7.91. The molecule has 82 valence electrons. The molecule has 1 rings (SSSR count). The monoisotopic (exact) mass is 291 g/mol. The van der Waals surface area contributed by atoms with Gasteiger partial charge in [-0.15, -0.1) is 0 Å². The zero-order valence-electron chi connectivity index (χ0n) is 8.00. The van der Waals surface area contributed by atoms with Crippen molar-refractivity contribution in [1.82, 2.24) is 0 Å². The molecule has 0 heterocycles. The largest absolute Gasteiger partial charge is 0.493 e. The fraction of sp³-hybridized carbons (Fsp3) is 0.300. The van der Waals surface area contributed by atoms with Crippen LogP contribution in [-0.4, -0.2) is 11.6 Å². The lowest BCUT2D eigenvalue weighted by Crippen LogP contribution is -2.09. The van der Waals surface area contributed by atoms with Crippen LogP contribution in [0.25, 0.3) is 0 Å². The van der Waals surface area contributed by atoms with Gasteiger partial charge in [0.1, 0.15) is 11.6 Å². The second-order valence-corrected chi connectivity index (χ2v) is 4.46. The molecule has 0 saturated carbocycles. The molecule has 0 aromatic heterocycles. The van der Waals surface area contributed by atoms with E-state index in [1.807, 2.05) is 0 Å². The average molecular weight is 292 g/mol. The molecule has 0 bridgehead atoms. The van der Waals surface area contributed by atoms with Gasteiger partial charge in [0.2, 0.25) is 0 Å². The summed E-state index contributed by atoms with van der Waals surface area (Å²) < 4.78 is 18.9. The summed E-state index contributed by atoms with van der Waals surface area (Å²) in [5, 5.41) is 0. The average Bonchev–Trinajstić information content (AvgIpc) is 2.10. The third-order valence-electron chi connectivity index (χ3n) is 1.67. The fourth-order valence-corrected chi connectivity index (χ4v) is 1.64. The smallest absolute Gasteiger partial charge is 0.128 e. The Morgan fingerprint density at radius 1 is 1.47 bits per heavy atom. The minimum absolute atomic E-state index is 0.325. The van der Waals surface area contributed by atoms with Crippen LogP contribution in [0.2, 0.25) is 0 Å². The summed E-state index contributed by atoms with van der Waals surface area (Å²) in [6, 6.07) is 4.43. The Bertz CT molecular complexity index is 339. The zero-order valence-corrected chi connectivity index (χ0v) is 10.4. The van der Waals surface area contributed by atoms with Gasteiger partial charge in [-0.1, -0.05) is 28.1 Å². The molecule has 2 N–H and O–H groups in total. The molecule has 5 heteroatoms. The van der Waals surface area contributed by atoms with Crippen molar-refractivity contribution >= 4 is 33.1 Å². The first kappa shape index (κ1) is 12.4. The Labute approximate surface area is 102 Å². The van der Waals surface area contributed by atoms with E-state index in [0.29, 0.717) is 28.2 Å². The van der Waals surface area contributed by atoms with E-state index in [1.165, 1.54) is 12.1 Å². The Kier molecular flexibility index (Phi) is 4.98. The predicted molar refractivity (Wildman–Crippen MR) is 65.6 cm³/mol. The second kappa shape index (κ2) is 6.02. The van der Waals surface area contributed by atoms with Gasteiger partial charge in [0.15, 0.2) is 0 Å². The van der Waals surface area contributed by atoms with Crippen molar-refractivity contribution in [1.29, 1.82) is 0 Å². The lowest BCUT2D eigenvalue weighted by Gasteiger charge is -2.06. The van der Waals surface area contributed by atoms with Crippen LogP contribution in [0.15, 0.2) is 22.7 Å². The molecule has 0 radical (unpaired) electrons. The SMILES string of the molecule is NC(=S)CCCOc1cc(F)cc(Br)c1. The maximum absolute atomic E-state index is 12.9. The molecule has 1 aromatic rings. The van der Waals surface area contributed by atoms with Crippen molar-refractivity contribution in [3.63, 3.8) is 0 Å². The minimum atomic E-state index is -0.325. The summed E-state index contributed by atoms with van der Waals surface area (Å²) in [4.78, 5) is 0.471. The Morgan fingerprint density at radius 3 is 2.80 bits per heavy atom. The van der Waals surface area contributed by atoms with Gasteiger partial charge in [-0.2, -0.15) is 0 Å². The summed E-state index contributed by atoms with van der Waals surface area (Å²) in [5.74, 6) is 0.179. The first-order valence-electron chi connectivity index (χ1n) is 4.45. The van der Waals surface area contributed by atoms with Crippen LogP contribution < -0.4 is 10.5 Å². The van der Waals surface area contributed by atoms with E-state index in [2.05, 4.69) is 15.9 Å². The van der Waals surface area contributed by atoms with Crippen molar-refractivity contribution in [3.05, 3.63) is 28.5 Å². The molecule has 0 saturated heterocycles. The molecule has 15 heavy (non-hydrogen) atoms. The van der Waals surface area contributed by atoms with Crippen LogP contribution >= 0.6 is 28.1 Å². The highest BCUT2D eigenvalue weighted by atomic mass is 79.9. The molecule has 0 aliphatic carbocycles. The Morgan fingerprint density at radius 2 is 2.20 bits per heavy atom. The quantitative estimate of drug-likeness (QED) is 0.669. The van der Waals surface area contributed by atoms with Crippen molar-refractivity contribution in [2.45, 2.75) is 12.8 Å². The van der Waals surface area contributed by atoms with Crippen molar-refractivity contribution in [2.24, 2.45) is 5.73 Å². The van der Waals surface area contributed by atoms with Crippen molar-refractivity contribution in [2.75, 3.05) is 6.61 Å². The number of nitrogens with two attached hydrogens (primary N) is 1. The van der Waals surface area contributed by atoms with Crippen LogP contribution in [0.4, 0.5) is 4.39 Å². The van der Waals surface area contributed by atoms with Gasteiger partial charge < -0.3 is 10.5 Å². The third-order valence-corrected chi connectivity index (χ3v) is 2.33. The molecular formula is C10H11BrFNOS. The first-order chi connectivity index (χ1) is 7.08. The highest BCUT2D eigenvalue weighted by molar-refractivity contribution is 9.10. The fourth-order valence-electron chi connectivity index (χ4n) is 1.05. The molecule has 2 nitrogen and oxygen atoms in total. The number of benzene rings is 1. The number of hydrogen-bond donors (Lipinski definition) is 1. The van der Waals surface area contributed by atoms with Gasteiger partial charge in [-0.3, -0.25) is 0 Å². The number of hydrogen-bond acceptors (Lipinski definition) is 2. The van der Waals surface area contributed by atoms with E-state index in [4.69, 9.17) is 22.7 Å². The normalized spacial score (nSPS) is 10.0. The predicted octanol–water partition coefficient (Wildman–Crippen LogP) is 3.03. The molecule has 0 fully saturated rings. The summed E-state index contributed by atoms with van der Waals surface area (Å²) in [5.41, 5.74) is 5.33. The molecule has 1 aromatic carbocycles. The van der Waals surface area contributed by atoms with Crippen LogP contribution in [-0.2, 0) is 0 Å². The number of ether oxygens (including phenoxy) is 1. The number of thiocarbonyl (C=S) groups is 1. The molecule has 0 atom stereocenters. The van der Waals surface area contributed by atoms with Crippen molar-refractivity contribution < 1.29 is 9.13 Å². The van der Waals surface area contributed by atoms with E-state index < -0.39 is 0 Å². The van der Waals surface area contributed by atoms with Crippen LogP contribution in [0.5, 0.6) is 5.75 Å². The number of rotatable bonds is 5. The summed E-state index contributed by atoms with van der Waals surface area (Å²) in [6.45, 7) is 0.479. The van der Waals surface area contributed by atoms with E-state index in [-0.39, 0.29) is 5.82 Å². The standard InChI is InChI=1S/C10H11BrFNOS/c11-7-4-8(12)6-9(5-7)14-3-1-2-10(13)15/h4-6H,1-3H2,(H2,13,15). The lowest BCUT2D eigenvalue weighted by atomic mass is 10.3. The molecular weight excluding hydrogens is 281 g/mol. The maximum Gasteiger partial charge on any atom is 0.128 e. The van der Waals surface area contributed by atoms with Crippen LogP contribution in [0.1, 0.15) is 12.8 Å². The molecule has 0 amide bonds. The van der Waals surface area contributed by atoms with Gasteiger partial charge in [0.25, 0.3) is 0 Å². The minimum Gasteiger partial charge on any atom is -0.493 e. The van der Waals surface area contributed by atoms with Crippen molar-refractivity contribution in [3.8, 4) is 5.75 Å². The molecule has 0 aliphatic heterocycles.